The van der Waals surface area contributed by atoms with Gasteiger partial charge in [-0.15, -0.1) is 0 Å². The Bertz CT molecular complexity index is 1090. The van der Waals surface area contributed by atoms with Crippen molar-refractivity contribution in [1.29, 1.82) is 0 Å². The predicted octanol–water partition coefficient (Wildman–Crippen LogP) is 11.3. The third-order valence-corrected chi connectivity index (χ3v) is 10.7. The highest BCUT2D eigenvalue weighted by atomic mass is 31.2. The Balaban J connectivity index is 4.37. The van der Waals surface area contributed by atoms with E-state index in [1.54, 1.807) is 6.08 Å². The topological polar surface area (TPSA) is 131 Å². The molecule has 0 aliphatic heterocycles. The molecule has 3 atom stereocenters. The summed E-state index contributed by atoms with van der Waals surface area (Å²) in [5.41, 5.74) is 0. The first kappa shape index (κ1) is 55.2. The molecule has 0 radical (unpaired) electrons. The third kappa shape index (κ3) is 42.1. The zero-order chi connectivity index (χ0) is 42.3. The number of phosphoric ester groups is 1. The number of carbonyl (C=O) groups excluding carboxylic acids is 2. The van der Waals surface area contributed by atoms with E-state index < -0.39 is 38.6 Å². The lowest BCUT2D eigenvalue weighted by Crippen LogP contribution is -2.37. The van der Waals surface area contributed by atoms with Gasteiger partial charge in [0.15, 0.2) is 6.10 Å². The number of phosphoric acid groups is 1. The number of aliphatic hydroxyl groups excluding tert-OH is 1. The van der Waals surface area contributed by atoms with Crippen LogP contribution in [0.3, 0.4) is 0 Å². The number of carbonyl (C=O) groups is 2. The van der Waals surface area contributed by atoms with Gasteiger partial charge >= 0.3 is 11.9 Å². The Kier molecular flexibility index (Phi) is 37.2. The second-order valence-corrected chi connectivity index (χ2v) is 18.0. The number of nitrogens with zero attached hydrogens (tertiary/aromatic N) is 1. The van der Waals surface area contributed by atoms with Gasteiger partial charge in [-0.05, 0) is 38.5 Å². The SMILES string of the molecule is CC/C=C/CC(O)/C=C/C=C/CCCCCCCC(=O)O[C@H](COC(=O)CCCCCCCCCCCCCCCCCCC)COP(=O)([O-])OCC[N+](C)(C)C. The molecule has 334 valence electrons. The molecule has 0 heterocycles. The van der Waals surface area contributed by atoms with Crippen LogP contribution < -0.4 is 4.89 Å². The van der Waals surface area contributed by atoms with Crippen molar-refractivity contribution in [2.75, 3.05) is 47.5 Å². The van der Waals surface area contributed by atoms with Crippen molar-refractivity contribution in [2.45, 2.75) is 199 Å². The minimum Gasteiger partial charge on any atom is -0.756 e. The summed E-state index contributed by atoms with van der Waals surface area (Å²) in [5.74, 6) is -0.883. The molecule has 1 N–H and O–H groups in total. The third-order valence-electron chi connectivity index (χ3n) is 9.75. The standard InChI is InChI=1S/C46H86NO9P/c1-6-8-10-11-12-13-14-15-16-17-18-19-20-23-26-29-33-37-45(49)53-41-44(42-55-57(51,52)54-40-39-47(3,4)5)56-46(50)38-34-30-27-24-21-22-25-28-32-36-43(48)35-31-9-7-2/h9,25,28,31-32,36,43-44,48H,6-8,10-24,26-27,29-30,33-35,37-42H2,1-5H3/b28-25+,31-9+,36-32+/t43?,44-/m1/s1. The first-order chi connectivity index (χ1) is 27.4. The minimum absolute atomic E-state index is 0.0439. The van der Waals surface area contributed by atoms with Crippen molar-refractivity contribution in [3.8, 4) is 0 Å². The molecule has 0 fully saturated rings. The van der Waals surface area contributed by atoms with Crippen molar-refractivity contribution in [3.05, 3.63) is 36.5 Å². The molecule has 0 bridgehead atoms. The number of unbranched alkanes of at least 4 members (excludes halogenated alkanes) is 21. The summed E-state index contributed by atoms with van der Waals surface area (Å²) in [6, 6.07) is 0. The molecule has 0 amide bonds. The Morgan fingerprint density at radius 1 is 0.649 bits per heavy atom. The number of likely N-dealkylation sites (N-methyl/N-ethyl adjacent to an activating group) is 1. The van der Waals surface area contributed by atoms with Crippen molar-refractivity contribution >= 4 is 19.8 Å². The van der Waals surface area contributed by atoms with Crippen molar-refractivity contribution in [3.63, 3.8) is 0 Å². The van der Waals surface area contributed by atoms with Crippen LogP contribution in [0, 0.1) is 0 Å². The van der Waals surface area contributed by atoms with Crippen molar-refractivity contribution in [2.24, 2.45) is 0 Å². The monoisotopic (exact) mass is 828 g/mol. The smallest absolute Gasteiger partial charge is 0.306 e. The molecule has 0 spiro atoms. The first-order valence-corrected chi connectivity index (χ1v) is 24.3. The number of ether oxygens (including phenoxy) is 2. The number of hydrogen-bond acceptors (Lipinski definition) is 9. The number of aliphatic hydroxyl groups is 1. The molecular weight excluding hydrogens is 741 g/mol. The number of allylic oxidation sites excluding steroid dienone is 4. The van der Waals surface area contributed by atoms with E-state index in [1.165, 1.54) is 89.9 Å². The molecule has 11 heteroatoms. The van der Waals surface area contributed by atoms with Crippen LogP contribution in [0.25, 0.3) is 0 Å². The number of hydrogen-bond donors (Lipinski definition) is 1. The van der Waals surface area contributed by atoms with Gasteiger partial charge in [-0.25, -0.2) is 0 Å². The van der Waals surface area contributed by atoms with Gasteiger partial charge in [0.25, 0.3) is 7.82 Å². The predicted molar refractivity (Wildman–Crippen MR) is 233 cm³/mol. The van der Waals surface area contributed by atoms with E-state index in [2.05, 4.69) is 19.9 Å². The van der Waals surface area contributed by atoms with Gasteiger partial charge in [-0.3, -0.25) is 14.2 Å². The number of rotatable bonds is 41. The quantitative estimate of drug-likeness (QED) is 0.0160. The van der Waals surface area contributed by atoms with E-state index >= 15 is 0 Å². The van der Waals surface area contributed by atoms with Crippen LogP contribution in [0.1, 0.15) is 187 Å². The summed E-state index contributed by atoms with van der Waals surface area (Å²) < 4.78 is 33.9. The van der Waals surface area contributed by atoms with Gasteiger partial charge in [0, 0.05) is 12.8 Å². The van der Waals surface area contributed by atoms with Crippen LogP contribution in [-0.2, 0) is 32.7 Å². The van der Waals surface area contributed by atoms with E-state index in [1.807, 2.05) is 45.4 Å². The molecule has 0 rings (SSSR count). The highest BCUT2D eigenvalue weighted by molar-refractivity contribution is 7.45. The van der Waals surface area contributed by atoms with E-state index in [0.717, 1.165) is 57.8 Å². The second kappa shape index (κ2) is 38.4. The van der Waals surface area contributed by atoms with E-state index in [9.17, 15) is 24.2 Å². The molecule has 10 nitrogen and oxygen atoms in total. The number of quaternary nitrogens is 1. The van der Waals surface area contributed by atoms with Crippen molar-refractivity contribution < 1.29 is 47.2 Å². The fourth-order valence-electron chi connectivity index (χ4n) is 6.16. The average Bonchev–Trinajstić information content (AvgIpc) is 3.15. The second-order valence-electron chi connectivity index (χ2n) is 16.6. The van der Waals surface area contributed by atoms with Gasteiger partial charge in [0.05, 0.1) is 33.9 Å². The lowest BCUT2D eigenvalue weighted by molar-refractivity contribution is -0.870. The summed E-state index contributed by atoms with van der Waals surface area (Å²) in [7, 11) is 1.12. The Labute approximate surface area is 349 Å². The normalized spacial score (nSPS) is 14.4. The van der Waals surface area contributed by atoms with Gasteiger partial charge in [0.2, 0.25) is 0 Å². The van der Waals surface area contributed by atoms with Crippen LogP contribution >= 0.6 is 7.82 Å². The summed E-state index contributed by atoms with van der Waals surface area (Å²) in [6.07, 6.45) is 39.3. The first-order valence-electron chi connectivity index (χ1n) is 22.8. The van der Waals surface area contributed by atoms with Crippen LogP contribution in [0.5, 0.6) is 0 Å². The molecule has 0 aliphatic rings. The van der Waals surface area contributed by atoms with E-state index in [0.29, 0.717) is 23.9 Å². The highest BCUT2D eigenvalue weighted by Gasteiger charge is 2.21. The van der Waals surface area contributed by atoms with Gasteiger partial charge < -0.3 is 33.0 Å². The molecular formula is C46H86NO9P. The van der Waals surface area contributed by atoms with Crippen LogP contribution in [0.2, 0.25) is 0 Å². The molecule has 0 aromatic heterocycles. The van der Waals surface area contributed by atoms with E-state index in [-0.39, 0.29) is 26.1 Å². The maximum atomic E-state index is 12.7. The molecule has 0 aromatic rings. The maximum absolute atomic E-state index is 12.7. The lowest BCUT2D eigenvalue weighted by Gasteiger charge is -2.28. The van der Waals surface area contributed by atoms with Crippen molar-refractivity contribution in [1.82, 2.24) is 0 Å². The molecule has 0 aliphatic carbocycles. The molecule has 0 aromatic carbocycles. The van der Waals surface area contributed by atoms with E-state index in [4.69, 9.17) is 18.5 Å². The zero-order valence-corrected chi connectivity index (χ0v) is 38.0. The average molecular weight is 828 g/mol. The van der Waals surface area contributed by atoms with Crippen LogP contribution in [-0.4, -0.2) is 81.2 Å². The lowest BCUT2D eigenvalue weighted by atomic mass is 10.0. The summed E-state index contributed by atoms with van der Waals surface area (Å²) in [6.45, 7) is 3.98. The van der Waals surface area contributed by atoms with Gasteiger partial charge in [0.1, 0.15) is 19.8 Å². The summed E-state index contributed by atoms with van der Waals surface area (Å²) in [4.78, 5) is 37.6. The van der Waals surface area contributed by atoms with Gasteiger partial charge in [-0.1, -0.05) is 172 Å². The molecule has 2 unspecified atom stereocenters. The Morgan fingerprint density at radius 2 is 1.16 bits per heavy atom. The fourth-order valence-corrected chi connectivity index (χ4v) is 6.89. The highest BCUT2D eigenvalue weighted by Crippen LogP contribution is 2.38. The summed E-state index contributed by atoms with van der Waals surface area (Å²) >= 11 is 0. The molecule has 0 saturated heterocycles. The zero-order valence-electron chi connectivity index (χ0n) is 37.1. The molecule has 0 saturated carbocycles. The van der Waals surface area contributed by atoms with Gasteiger partial charge in [-0.2, -0.15) is 0 Å². The van der Waals surface area contributed by atoms with Crippen LogP contribution in [0.4, 0.5) is 0 Å². The fraction of sp³-hybridized carbons (Fsp3) is 0.826. The largest absolute Gasteiger partial charge is 0.756 e. The number of esters is 2. The molecule has 57 heavy (non-hydrogen) atoms. The Hall–Kier alpha value is -1.81. The summed E-state index contributed by atoms with van der Waals surface area (Å²) in [5, 5.41) is 9.89. The maximum Gasteiger partial charge on any atom is 0.306 e. The Morgan fingerprint density at radius 3 is 1.68 bits per heavy atom. The minimum atomic E-state index is -4.64. The van der Waals surface area contributed by atoms with Crippen LogP contribution in [0.15, 0.2) is 36.5 Å².